The van der Waals surface area contributed by atoms with Crippen LogP contribution in [0.4, 0.5) is 5.69 Å². The van der Waals surface area contributed by atoms with E-state index in [1.54, 1.807) is 30.5 Å². The number of hydrogen-bond acceptors (Lipinski definition) is 14. The number of para-hydroxylation sites is 1. The quantitative estimate of drug-likeness (QED) is 0.0300. The Bertz CT molecular complexity index is 3620. The highest BCUT2D eigenvalue weighted by Crippen LogP contribution is 2.38. The number of hydrogen-bond donors (Lipinski definition) is 0. The molecular formula is C75H75NO13S. The zero-order valence-electron chi connectivity index (χ0n) is 50.0. The van der Waals surface area contributed by atoms with Crippen LogP contribution in [0.15, 0.2) is 272 Å². The van der Waals surface area contributed by atoms with E-state index in [4.69, 9.17) is 51.6 Å². The molecule has 2 fully saturated rings. The summed E-state index contributed by atoms with van der Waals surface area (Å²) < 4.78 is 106. The molecule has 0 spiro atoms. The summed E-state index contributed by atoms with van der Waals surface area (Å²) in [7, 11) is -4.45. The predicted octanol–water partition coefficient (Wildman–Crippen LogP) is 13.4. The Labute approximate surface area is 528 Å². The van der Waals surface area contributed by atoms with Crippen molar-refractivity contribution in [2.24, 2.45) is 4.99 Å². The van der Waals surface area contributed by atoms with Gasteiger partial charge in [-0.1, -0.05) is 231 Å². The van der Waals surface area contributed by atoms with Crippen molar-refractivity contribution in [1.82, 2.24) is 0 Å². The maximum Gasteiger partial charge on any atom is 0.311 e. The van der Waals surface area contributed by atoms with Gasteiger partial charge in [-0.15, -0.1) is 0 Å². The molecule has 464 valence electrons. The molecule has 9 aromatic carbocycles. The van der Waals surface area contributed by atoms with E-state index in [9.17, 15) is 8.42 Å². The fraction of sp³-hybridized carbons (Fsp3) is 0.267. The van der Waals surface area contributed by atoms with E-state index in [-0.39, 0.29) is 65.2 Å². The van der Waals surface area contributed by atoms with Gasteiger partial charge in [0.25, 0.3) is 0 Å². The highest BCUT2D eigenvalue weighted by molar-refractivity contribution is 7.87. The second-order valence-corrected chi connectivity index (χ2v) is 23.7. The summed E-state index contributed by atoms with van der Waals surface area (Å²) in [6, 6.07) is 85.1. The third kappa shape index (κ3) is 19.0. The van der Waals surface area contributed by atoms with Gasteiger partial charge in [0.05, 0.1) is 65.1 Å². The normalized spacial score (nSPS) is 21.9. The Morgan fingerprint density at radius 2 is 0.678 bits per heavy atom. The van der Waals surface area contributed by atoms with Gasteiger partial charge in [-0.3, -0.25) is 4.99 Å². The molecule has 9 aromatic rings. The zero-order valence-corrected chi connectivity index (χ0v) is 50.8. The number of benzene rings is 9. The Balaban J connectivity index is 0.983. The molecule has 10 atom stereocenters. The lowest BCUT2D eigenvalue weighted by Gasteiger charge is -2.50. The Hall–Kier alpha value is -8.00. The van der Waals surface area contributed by atoms with Crippen molar-refractivity contribution >= 4 is 22.0 Å². The van der Waals surface area contributed by atoms with Crippen LogP contribution in [0.2, 0.25) is 0 Å². The highest BCUT2D eigenvalue weighted by Gasteiger charge is 2.55. The Morgan fingerprint density at radius 3 is 1.09 bits per heavy atom. The van der Waals surface area contributed by atoms with Crippen molar-refractivity contribution in [2.45, 2.75) is 107 Å². The first-order chi connectivity index (χ1) is 44.3. The molecular weight excluding hydrogens is 1150 g/mol. The van der Waals surface area contributed by atoms with Crippen molar-refractivity contribution < 1.29 is 60.0 Å². The minimum absolute atomic E-state index is 0.0603. The molecule has 2 aliphatic heterocycles. The van der Waals surface area contributed by atoms with Gasteiger partial charge in [0.15, 0.2) is 6.29 Å². The van der Waals surface area contributed by atoms with Gasteiger partial charge in [0, 0.05) is 6.21 Å². The van der Waals surface area contributed by atoms with Crippen LogP contribution in [0.25, 0.3) is 0 Å². The molecule has 2 heterocycles. The van der Waals surface area contributed by atoms with Crippen LogP contribution in [0.5, 0.6) is 5.75 Å². The average molecular weight is 1230 g/mol. The van der Waals surface area contributed by atoms with Crippen molar-refractivity contribution in [3.63, 3.8) is 0 Å². The molecule has 11 rings (SSSR count). The average Bonchev–Trinajstić information content (AvgIpc) is 0.869. The molecule has 0 N–H and O–H groups in total. The van der Waals surface area contributed by atoms with Crippen molar-refractivity contribution in [1.29, 1.82) is 0 Å². The van der Waals surface area contributed by atoms with E-state index in [0.29, 0.717) is 0 Å². The minimum atomic E-state index is -4.45. The summed E-state index contributed by atoms with van der Waals surface area (Å²) in [4.78, 5) is 4.55. The number of rotatable bonds is 31. The highest BCUT2D eigenvalue weighted by atomic mass is 32.2. The van der Waals surface area contributed by atoms with Gasteiger partial charge in [0.1, 0.15) is 66.4 Å². The monoisotopic (exact) mass is 1230 g/mol. The van der Waals surface area contributed by atoms with E-state index < -0.39 is 77.1 Å². The molecule has 0 amide bonds. The molecule has 4 unspecified atom stereocenters. The zero-order chi connectivity index (χ0) is 61.4. The van der Waals surface area contributed by atoms with Crippen molar-refractivity contribution in [2.75, 3.05) is 19.0 Å². The molecule has 0 radical (unpaired) electrons. The van der Waals surface area contributed by atoms with E-state index in [2.05, 4.69) is 4.99 Å². The molecule has 2 aliphatic rings. The molecule has 0 bridgehead atoms. The van der Waals surface area contributed by atoms with Gasteiger partial charge < -0.3 is 51.6 Å². The molecule has 2 saturated heterocycles. The Kier molecular flexibility index (Phi) is 23.4. The fourth-order valence-electron chi connectivity index (χ4n) is 10.9. The summed E-state index contributed by atoms with van der Waals surface area (Å²) in [5, 5.41) is 0. The van der Waals surface area contributed by atoms with Crippen LogP contribution >= 0.6 is 0 Å². The van der Waals surface area contributed by atoms with Crippen LogP contribution in [0.1, 0.15) is 44.5 Å². The number of aliphatic imine (C=N–C) groups is 1. The predicted molar refractivity (Wildman–Crippen MR) is 344 cm³/mol. The van der Waals surface area contributed by atoms with E-state index in [1.807, 2.05) is 243 Å². The van der Waals surface area contributed by atoms with Gasteiger partial charge in [-0.25, -0.2) is 0 Å². The second kappa shape index (κ2) is 33.2. The molecule has 14 nitrogen and oxygen atoms in total. The largest absolute Gasteiger partial charge is 0.382 e. The second-order valence-electron chi connectivity index (χ2n) is 22.1. The number of ether oxygens (including phenoxy) is 10. The minimum Gasteiger partial charge on any atom is -0.382 e. The van der Waals surface area contributed by atoms with Crippen LogP contribution < -0.4 is 4.18 Å². The van der Waals surface area contributed by atoms with Gasteiger partial charge >= 0.3 is 10.1 Å². The summed E-state index contributed by atoms with van der Waals surface area (Å²) >= 11 is 0. The topological polar surface area (TPSA) is 148 Å². The molecule has 15 heteroatoms. The van der Waals surface area contributed by atoms with E-state index in [0.717, 1.165) is 50.2 Å². The summed E-state index contributed by atoms with van der Waals surface area (Å²) in [6.45, 7) is 1.18. The van der Waals surface area contributed by atoms with Crippen LogP contribution in [-0.4, -0.2) is 94.8 Å². The maximum atomic E-state index is 14.7. The smallest absolute Gasteiger partial charge is 0.311 e. The summed E-state index contributed by atoms with van der Waals surface area (Å²) in [5.41, 5.74) is 7.90. The molecule has 0 saturated carbocycles. The molecule has 0 aromatic heterocycles. The van der Waals surface area contributed by atoms with Gasteiger partial charge in [-0.2, -0.15) is 8.42 Å². The number of nitrogens with zero attached hydrogens (tertiary/aromatic N) is 1. The first-order valence-electron chi connectivity index (χ1n) is 30.4. The first-order valence-corrected chi connectivity index (χ1v) is 32.0. The summed E-state index contributed by atoms with van der Waals surface area (Å²) in [6.07, 6.45) is -8.52. The van der Waals surface area contributed by atoms with Crippen LogP contribution in [-0.2, 0) is 104 Å². The van der Waals surface area contributed by atoms with Crippen molar-refractivity contribution in [3.05, 3.63) is 311 Å². The SMILES string of the molecule is O=S(=O)(C[C@@H]1OC(COCc2ccccc2)[C@@H](O[C@@H]2OC(COCc3ccccc3)[C@@H](OCc3ccccc3)[C@@H](OCc3ccccc3)C2OCc2ccccc2)[C@@H](OCc2ccccc2)C1OCc1ccccc1)Oc1ccc(C=Nc2ccccc2)cc1. The standard InChI is InChI=1S/C75H75NO13S/c77-90(78,89-65-43-41-56(42-44-65)45-76-64-39-23-8-24-40-64)55-68-70(82-49-60-31-15-4-16-32-60)72(83-50-61-33-17-5-18-34-61)71(67(86-68)54-80-47-58-27-11-2-12-28-58)88-75-74(85-52-63-37-21-7-22-38-63)73(84-51-62-35-19-6-20-36-62)69(81-48-59-29-13-3-14-30-59)66(87-75)53-79-46-57-25-9-1-10-26-57/h1-45,66-75H,46-55H2/t66?,67?,68-,69+,70?,71+,72-,73+,74?,75-/m0/s1. The lowest BCUT2D eigenvalue weighted by atomic mass is 9.93. The lowest BCUT2D eigenvalue weighted by molar-refractivity contribution is -0.362. The van der Waals surface area contributed by atoms with E-state index >= 15 is 0 Å². The van der Waals surface area contributed by atoms with Crippen LogP contribution in [0, 0.1) is 0 Å². The molecule has 0 aliphatic carbocycles. The lowest BCUT2D eigenvalue weighted by Crippen LogP contribution is -2.66. The van der Waals surface area contributed by atoms with Crippen molar-refractivity contribution in [3.8, 4) is 5.75 Å². The van der Waals surface area contributed by atoms with E-state index in [1.165, 1.54) is 0 Å². The maximum absolute atomic E-state index is 14.7. The first kappa shape index (κ1) is 63.6. The Morgan fingerprint density at radius 1 is 0.344 bits per heavy atom. The third-order valence-corrected chi connectivity index (χ3v) is 16.6. The van der Waals surface area contributed by atoms with Crippen LogP contribution in [0.3, 0.4) is 0 Å². The third-order valence-electron chi connectivity index (χ3n) is 15.4. The van der Waals surface area contributed by atoms with Gasteiger partial charge in [0.2, 0.25) is 0 Å². The summed E-state index contributed by atoms with van der Waals surface area (Å²) in [5.74, 6) is -0.533. The molecule has 90 heavy (non-hydrogen) atoms. The van der Waals surface area contributed by atoms with Gasteiger partial charge in [-0.05, 0) is 80.9 Å². The fourth-order valence-corrected chi connectivity index (χ4v) is 12.0.